The number of methoxy groups -OCH3 is 1. The van der Waals surface area contributed by atoms with Crippen molar-refractivity contribution < 1.29 is 9.53 Å². The highest BCUT2D eigenvalue weighted by Crippen LogP contribution is 2.22. The largest absolute Gasteiger partial charge is 0.497 e. The maximum Gasteiger partial charge on any atom is 0.255 e. The van der Waals surface area contributed by atoms with Crippen molar-refractivity contribution in [3.8, 4) is 17.0 Å². The molecule has 0 aliphatic heterocycles. The predicted octanol–water partition coefficient (Wildman–Crippen LogP) is 3.66. The summed E-state index contributed by atoms with van der Waals surface area (Å²) >= 11 is 0. The molecule has 0 atom stereocenters. The summed E-state index contributed by atoms with van der Waals surface area (Å²) in [5.41, 5.74) is 2.97. The average molecular weight is 344 g/mol. The minimum Gasteiger partial charge on any atom is -0.497 e. The van der Waals surface area contributed by atoms with Crippen LogP contribution in [0.5, 0.6) is 5.75 Å². The molecule has 0 aliphatic rings. The molecule has 0 saturated carbocycles. The van der Waals surface area contributed by atoms with Gasteiger partial charge in [0.2, 0.25) is 5.78 Å². The molecule has 0 fully saturated rings. The van der Waals surface area contributed by atoms with E-state index in [9.17, 15) is 4.79 Å². The highest BCUT2D eigenvalue weighted by molar-refractivity contribution is 6.04. The number of hydrogen-bond donors (Lipinski definition) is 1. The van der Waals surface area contributed by atoms with Crippen LogP contribution in [0.25, 0.3) is 17.0 Å². The Kier molecular flexibility index (Phi) is 4.07. The van der Waals surface area contributed by atoms with Crippen molar-refractivity contribution in [3.05, 3.63) is 78.8 Å². The van der Waals surface area contributed by atoms with Crippen LogP contribution in [-0.2, 0) is 0 Å². The maximum absolute atomic E-state index is 12.4. The van der Waals surface area contributed by atoms with Gasteiger partial charge in [0.25, 0.3) is 5.91 Å². The zero-order valence-corrected chi connectivity index (χ0v) is 14.1. The van der Waals surface area contributed by atoms with E-state index in [1.54, 1.807) is 37.6 Å². The van der Waals surface area contributed by atoms with Gasteiger partial charge in [-0.2, -0.15) is 0 Å². The first-order valence-corrected chi connectivity index (χ1v) is 8.08. The Morgan fingerprint density at radius 2 is 1.96 bits per heavy atom. The number of imidazole rings is 1. The Labute approximate surface area is 150 Å². The van der Waals surface area contributed by atoms with Gasteiger partial charge < -0.3 is 10.1 Å². The lowest BCUT2D eigenvalue weighted by Gasteiger charge is -2.07. The van der Waals surface area contributed by atoms with Crippen molar-refractivity contribution >= 4 is 17.4 Å². The number of rotatable bonds is 4. The smallest absolute Gasteiger partial charge is 0.255 e. The summed E-state index contributed by atoms with van der Waals surface area (Å²) in [4.78, 5) is 21.2. The number of carbonyl (C=O) groups is 1. The minimum atomic E-state index is -0.179. The van der Waals surface area contributed by atoms with E-state index < -0.39 is 0 Å². The number of nitrogens with one attached hydrogen (secondary N) is 1. The van der Waals surface area contributed by atoms with Gasteiger partial charge >= 0.3 is 0 Å². The van der Waals surface area contributed by atoms with E-state index in [0.717, 1.165) is 11.3 Å². The SMILES string of the molecule is COc1ccc(C(=O)Nc2cccc(-c3cn4cccnc4n3)c2)cc1. The van der Waals surface area contributed by atoms with Crippen LogP contribution in [0.2, 0.25) is 0 Å². The van der Waals surface area contributed by atoms with Crippen LogP contribution < -0.4 is 10.1 Å². The number of nitrogens with zero attached hydrogens (tertiary/aromatic N) is 3. The molecule has 2 aromatic carbocycles. The molecule has 1 N–H and O–H groups in total. The van der Waals surface area contributed by atoms with Crippen molar-refractivity contribution in [3.63, 3.8) is 0 Å². The predicted molar refractivity (Wildman–Crippen MR) is 99.4 cm³/mol. The van der Waals surface area contributed by atoms with Gasteiger partial charge in [0.05, 0.1) is 12.8 Å². The quantitative estimate of drug-likeness (QED) is 0.613. The van der Waals surface area contributed by atoms with Crippen LogP contribution in [-0.4, -0.2) is 27.4 Å². The van der Waals surface area contributed by atoms with Crippen LogP contribution in [0.4, 0.5) is 5.69 Å². The summed E-state index contributed by atoms with van der Waals surface area (Å²) < 4.78 is 6.97. The molecular weight excluding hydrogens is 328 g/mol. The number of fused-ring (bicyclic) bond motifs is 1. The fourth-order valence-corrected chi connectivity index (χ4v) is 2.67. The van der Waals surface area contributed by atoms with Gasteiger partial charge in [0.15, 0.2) is 0 Å². The molecule has 2 aromatic heterocycles. The van der Waals surface area contributed by atoms with Gasteiger partial charge in [0.1, 0.15) is 5.75 Å². The van der Waals surface area contributed by atoms with E-state index in [-0.39, 0.29) is 5.91 Å². The normalized spacial score (nSPS) is 10.7. The maximum atomic E-state index is 12.4. The van der Waals surface area contributed by atoms with Gasteiger partial charge in [-0.1, -0.05) is 12.1 Å². The molecule has 6 nitrogen and oxygen atoms in total. The van der Waals surface area contributed by atoms with Crippen molar-refractivity contribution in [1.82, 2.24) is 14.4 Å². The van der Waals surface area contributed by atoms with Crippen LogP contribution >= 0.6 is 0 Å². The van der Waals surface area contributed by atoms with E-state index in [0.29, 0.717) is 22.8 Å². The second kappa shape index (κ2) is 6.68. The molecule has 4 rings (SSSR count). The van der Waals surface area contributed by atoms with Crippen LogP contribution in [0.15, 0.2) is 73.2 Å². The minimum absolute atomic E-state index is 0.179. The monoisotopic (exact) mass is 344 g/mol. The summed E-state index contributed by atoms with van der Waals surface area (Å²) in [5, 5.41) is 2.91. The Bertz CT molecular complexity index is 1040. The molecule has 1 amide bonds. The Hall–Kier alpha value is -3.67. The number of ether oxygens (including phenoxy) is 1. The third-order valence-corrected chi connectivity index (χ3v) is 4.00. The van der Waals surface area contributed by atoms with Crippen molar-refractivity contribution in [2.45, 2.75) is 0 Å². The van der Waals surface area contributed by atoms with Gasteiger partial charge in [0, 0.05) is 35.4 Å². The first kappa shape index (κ1) is 15.8. The number of benzene rings is 2. The number of anilines is 1. The summed E-state index contributed by atoms with van der Waals surface area (Å²) in [6.07, 6.45) is 5.51. The van der Waals surface area contributed by atoms with Crippen LogP contribution in [0, 0.1) is 0 Å². The molecule has 0 spiro atoms. The zero-order chi connectivity index (χ0) is 17.9. The molecule has 0 unspecified atom stereocenters. The van der Waals surface area contributed by atoms with Gasteiger partial charge in [-0.05, 0) is 42.5 Å². The van der Waals surface area contributed by atoms with E-state index in [1.807, 2.05) is 47.1 Å². The van der Waals surface area contributed by atoms with Crippen molar-refractivity contribution in [2.24, 2.45) is 0 Å². The third-order valence-electron chi connectivity index (χ3n) is 4.00. The Morgan fingerprint density at radius 3 is 2.73 bits per heavy atom. The third kappa shape index (κ3) is 3.12. The van der Waals surface area contributed by atoms with E-state index in [1.165, 1.54) is 0 Å². The van der Waals surface area contributed by atoms with Gasteiger partial charge in [-0.25, -0.2) is 9.97 Å². The molecule has 6 heteroatoms. The van der Waals surface area contributed by atoms with Gasteiger partial charge in [-0.15, -0.1) is 0 Å². The van der Waals surface area contributed by atoms with Crippen molar-refractivity contribution in [2.75, 3.05) is 12.4 Å². The van der Waals surface area contributed by atoms with Crippen LogP contribution in [0.1, 0.15) is 10.4 Å². The lowest BCUT2D eigenvalue weighted by Crippen LogP contribution is -2.11. The highest BCUT2D eigenvalue weighted by atomic mass is 16.5. The fourth-order valence-electron chi connectivity index (χ4n) is 2.67. The lowest BCUT2D eigenvalue weighted by atomic mass is 10.1. The first-order valence-electron chi connectivity index (χ1n) is 8.08. The second-order valence-electron chi connectivity index (χ2n) is 5.72. The first-order chi connectivity index (χ1) is 12.7. The summed E-state index contributed by atoms with van der Waals surface area (Å²) in [6.45, 7) is 0. The molecule has 2 heterocycles. The molecular formula is C20H16N4O2. The highest BCUT2D eigenvalue weighted by Gasteiger charge is 2.09. The number of carbonyl (C=O) groups excluding carboxylic acids is 1. The summed E-state index contributed by atoms with van der Waals surface area (Å²) in [6, 6.07) is 16.4. The molecule has 0 radical (unpaired) electrons. The number of hydrogen-bond acceptors (Lipinski definition) is 4. The average Bonchev–Trinajstić information content (AvgIpc) is 3.12. The number of amides is 1. The van der Waals surface area contributed by atoms with Crippen LogP contribution in [0.3, 0.4) is 0 Å². The topological polar surface area (TPSA) is 68.5 Å². The standard InChI is InChI=1S/C20H16N4O2/c1-26-17-8-6-14(7-9-17)19(25)22-16-5-2-4-15(12-16)18-13-24-11-3-10-21-20(24)23-18/h2-13H,1H3,(H,22,25). The summed E-state index contributed by atoms with van der Waals surface area (Å²) in [7, 11) is 1.59. The second-order valence-corrected chi connectivity index (χ2v) is 5.72. The Morgan fingerprint density at radius 1 is 1.12 bits per heavy atom. The summed E-state index contributed by atoms with van der Waals surface area (Å²) in [5.74, 6) is 1.17. The molecule has 0 saturated heterocycles. The van der Waals surface area contributed by atoms with E-state index in [4.69, 9.17) is 4.74 Å². The molecule has 4 aromatic rings. The van der Waals surface area contributed by atoms with E-state index >= 15 is 0 Å². The fraction of sp³-hybridized carbons (Fsp3) is 0.0500. The van der Waals surface area contributed by atoms with Crippen molar-refractivity contribution in [1.29, 1.82) is 0 Å². The zero-order valence-electron chi connectivity index (χ0n) is 14.1. The molecule has 26 heavy (non-hydrogen) atoms. The molecule has 128 valence electrons. The lowest BCUT2D eigenvalue weighted by molar-refractivity contribution is 0.102. The molecule has 0 bridgehead atoms. The van der Waals surface area contributed by atoms with Gasteiger partial charge in [-0.3, -0.25) is 9.20 Å². The van der Waals surface area contributed by atoms with E-state index in [2.05, 4.69) is 15.3 Å². The number of aromatic nitrogens is 3. The Balaban J connectivity index is 1.57. The molecule has 0 aliphatic carbocycles.